The molecule has 0 amide bonds. The molecule has 0 aromatic carbocycles. The van der Waals surface area contributed by atoms with Crippen LogP contribution in [0.15, 0.2) is 6.07 Å². The molecule has 1 unspecified atom stereocenters. The number of hydrogen-bond acceptors (Lipinski definition) is 4. The molecule has 1 saturated heterocycles. The van der Waals surface area contributed by atoms with Crippen LogP contribution in [0.5, 0.6) is 5.88 Å². The first-order valence-corrected chi connectivity index (χ1v) is 7.67. The molecule has 2 rings (SSSR count). The van der Waals surface area contributed by atoms with Crippen LogP contribution in [0.25, 0.3) is 0 Å². The van der Waals surface area contributed by atoms with Gasteiger partial charge in [-0.25, -0.2) is 4.98 Å². The van der Waals surface area contributed by atoms with Gasteiger partial charge in [0.15, 0.2) is 0 Å². The Bertz CT molecular complexity index is 400. The fourth-order valence-corrected chi connectivity index (χ4v) is 2.87. The topological polar surface area (TPSA) is 38.2 Å². The van der Waals surface area contributed by atoms with Crippen LogP contribution >= 0.6 is 15.9 Å². The van der Waals surface area contributed by atoms with Gasteiger partial charge in [-0.05, 0) is 26.2 Å². The van der Waals surface area contributed by atoms with Crippen molar-refractivity contribution >= 4 is 21.9 Å². The Hall–Kier alpha value is -0.840. The molecule has 0 N–H and O–H groups in total. The van der Waals surface area contributed by atoms with E-state index in [0.29, 0.717) is 18.5 Å². The van der Waals surface area contributed by atoms with E-state index in [0.717, 1.165) is 29.9 Å². The quantitative estimate of drug-likeness (QED) is 0.783. The van der Waals surface area contributed by atoms with Gasteiger partial charge in [0, 0.05) is 29.7 Å². The van der Waals surface area contributed by atoms with Crippen LogP contribution in [0, 0.1) is 6.92 Å². The van der Waals surface area contributed by atoms with Gasteiger partial charge in [0.1, 0.15) is 0 Å². The lowest BCUT2D eigenvalue weighted by atomic mass is 10.2. The Morgan fingerprint density at radius 1 is 1.50 bits per heavy atom. The minimum atomic E-state index is 0.505. The van der Waals surface area contributed by atoms with Crippen molar-refractivity contribution in [2.24, 2.45) is 0 Å². The van der Waals surface area contributed by atoms with Crippen LogP contribution in [-0.4, -0.2) is 34.5 Å². The van der Waals surface area contributed by atoms with Crippen molar-refractivity contribution in [1.29, 1.82) is 0 Å². The summed E-state index contributed by atoms with van der Waals surface area (Å²) in [7, 11) is 0. The van der Waals surface area contributed by atoms with E-state index in [1.807, 2.05) is 13.0 Å². The fourth-order valence-electron chi connectivity index (χ4n) is 2.19. The van der Waals surface area contributed by atoms with Gasteiger partial charge in [-0.15, -0.1) is 0 Å². The van der Waals surface area contributed by atoms with Gasteiger partial charge in [0.05, 0.1) is 6.61 Å². The maximum atomic E-state index is 5.62. The molecule has 0 radical (unpaired) electrons. The fraction of sp³-hybridized carbons (Fsp3) is 0.692. The average molecular weight is 314 g/mol. The summed E-state index contributed by atoms with van der Waals surface area (Å²) < 4.78 is 5.62. The van der Waals surface area contributed by atoms with Crippen LogP contribution in [0.3, 0.4) is 0 Å². The van der Waals surface area contributed by atoms with Crippen LogP contribution < -0.4 is 9.64 Å². The number of hydrogen-bond donors (Lipinski definition) is 0. The van der Waals surface area contributed by atoms with Crippen molar-refractivity contribution in [3.63, 3.8) is 0 Å². The zero-order chi connectivity index (χ0) is 13.0. The van der Waals surface area contributed by atoms with E-state index in [1.54, 1.807) is 0 Å². The highest BCUT2D eigenvalue weighted by Gasteiger charge is 2.26. The van der Waals surface area contributed by atoms with Gasteiger partial charge in [0.25, 0.3) is 0 Å². The third kappa shape index (κ3) is 3.13. The normalized spacial score (nSPS) is 19.3. The number of ether oxygens (including phenoxy) is 1. The molecule has 1 aliphatic rings. The lowest BCUT2D eigenvalue weighted by Gasteiger charge is -2.23. The number of anilines is 1. The maximum Gasteiger partial charge on any atom is 0.229 e. The van der Waals surface area contributed by atoms with Crippen molar-refractivity contribution in [3.8, 4) is 5.88 Å². The van der Waals surface area contributed by atoms with Crippen molar-refractivity contribution in [2.75, 3.05) is 23.4 Å². The Labute approximate surface area is 117 Å². The zero-order valence-electron chi connectivity index (χ0n) is 11.0. The summed E-state index contributed by atoms with van der Waals surface area (Å²) in [5.74, 6) is 1.50. The SMILES string of the molecule is CCCOc1cc(C)nc(N2CCCC2CBr)n1. The Kier molecular flexibility index (Phi) is 4.80. The second-order valence-electron chi connectivity index (χ2n) is 4.64. The van der Waals surface area contributed by atoms with E-state index in [4.69, 9.17) is 4.74 Å². The first-order chi connectivity index (χ1) is 8.74. The van der Waals surface area contributed by atoms with Gasteiger partial charge in [-0.2, -0.15) is 4.98 Å². The summed E-state index contributed by atoms with van der Waals surface area (Å²) >= 11 is 3.56. The predicted molar refractivity (Wildman–Crippen MR) is 76.7 cm³/mol. The maximum absolute atomic E-state index is 5.62. The summed E-state index contributed by atoms with van der Waals surface area (Å²) in [5.41, 5.74) is 0.964. The van der Waals surface area contributed by atoms with Crippen molar-refractivity contribution in [2.45, 2.75) is 39.2 Å². The molecule has 1 atom stereocenters. The summed E-state index contributed by atoms with van der Waals surface area (Å²) in [5, 5.41) is 0.968. The van der Waals surface area contributed by atoms with Gasteiger partial charge in [0.2, 0.25) is 11.8 Å². The molecule has 100 valence electrons. The molecular weight excluding hydrogens is 294 g/mol. The number of nitrogens with zero attached hydrogens (tertiary/aromatic N) is 3. The van der Waals surface area contributed by atoms with Gasteiger partial charge < -0.3 is 9.64 Å². The number of rotatable bonds is 5. The van der Waals surface area contributed by atoms with Crippen LogP contribution in [0.4, 0.5) is 5.95 Å². The molecular formula is C13H20BrN3O. The Balaban J connectivity index is 2.18. The zero-order valence-corrected chi connectivity index (χ0v) is 12.6. The minimum Gasteiger partial charge on any atom is -0.478 e. The molecule has 1 fully saturated rings. The Morgan fingerprint density at radius 2 is 2.33 bits per heavy atom. The largest absolute Gasteiger partial charge is 0.478 e. The van der Waals surface area contributed by atoms with Crippen LogP contribution in [-0.2, 0) is 0 Å². The predicted octanol–water partition coefficient (Wildman–Crippen LogP) is 2.94. The smallest absolute Gasteiger partial charge is 0.229 e. The summed E-state index contributed by atoms with van der Waals surface area (Å²) in [6, 6.07) is 2.41. The van der Waals surface area contributed by atoms with Gasteiger partial charge in [-0.3, -0.25) is 0 Å². The molecule has 5 heteroatoms. The van der Waals surface area contributed by atoms with E-state index in [2.05, 4.69) is 37.7 Å². The molecule has 4 nitrogen and oxygen atoms in total. The van der Waals surface area contributed by atoms with E-state index in [-0.39, 0.29) is 0 Å². The second-order valence-corrected chi connectivity index (χ2v) is 5.29. The number of aryl methyl sites for hydroxylation is 1. The molecule has 0 saturated carbocycles. The molecule has 0 spiro atoms. The molecule has 0 aliphatic carbocycles. The summed E-state index contributed by atoms with van der Waals surface area (Å²) in [6.07, 6.45) is 3.40. The van der Waals surface area contributed by atoms with Gasteiger partial charge in [-0.1, -0.05) is 22.9 Å². The van der Waals surface area contributed by atoms with E-state index >= 15 is 0 Å². The molecule has 1 aromatic heterocycles. The number of alkyl halides is 1. The van der Waals surface area contributed by atoms with E-state index < -0.39 is 0 Å². The molecule has 0 bridgehead atoms. The first kappa shape index (κ1) is 13.6. The molecule has 18 heavy (non-hydrogen) atoms. The van der Waals surface area contributed by atoms with E-state index in [9.17, 15) is 0 Å². The van der Waals surface area contributed by atoms with Crippen molar-refractivity contribution in [1.82, 2.24) is 9.97 Å². The second kappa shape index (κ2) is 6.36. The third-order valence-corrected chi connectivity index (χ3v) is 3.83. The molecule has 1 aliphatic heterocycles. The highest BCUT2D eigenvalue weighted by Crippen LogP contribution is 2.25. The summed E-state index contributed by atoms with van der Waals surface area (Å²) in [4.78, 5) is 11.3. The summed E-state index contributed by atoms with van der Waals surface area (Å²) in [6.45, 7) is 5.82. The van der Waals surface area contributed by atoms with Crippen LogP contribution in [0.2, 0.25) is 0 Å². The lowest BCUT2D eigenvalue weighted by molar-refractivity contribution is 0.304. The highest BCUT2D eigenvalue weighted by molar-refractivity contribution is 9.09. The molecule has 1 aromatic rings. The first-order valence-electron chi connectivity index (χ1n) is 6.55. The lowest BCUT2D eigenvalue weighted by Crippen LogP contribution is -2.32. The number of aromatic nitrogens is 2. The molecule has 2 heterocycles. The van der Waals surface area contributed by atoms with Crippen molar-refractivity contribution in [3.05, 3.63) is 11.8 Å². The number of halogens is 1. The third-order valence-electron chi connectivity index (χ3n) is 3.09. The van der Waals surface area contributed by atoms with E-state index in [1.165, 1.54) is 12.8 Å². The Morgan fingerprint density at radius 3 is 3.06 bits per heavy atom. The van der Waals surface area contributed by atoms with Gasteiger partial charge >= 0.3 is 0 Å². The standard InChI is InChI=1S/C13H20BrN3O/c1-3-7-18-12-8-10(2)15-13(16-12)17-6-4-5-11(17)9-14/h8,11H,3-7,9H2,1-2H3. The average Bonchev–Trinajstić information content (AvgIpc) is 2.84. The monoisotopic (exact) mass is 313 g/mol. The van der Waals surface area contributed by atoms with Crippen LogP contribution in [0.1, 0.15) is 31.9 Å². The minimum absolute atomic E-state index is 0.505. The van der Waals surface area contributed by atoms with Crippen molar-refractivity contribution < 1.29 is 4.74 Å². The highest BCUT2D eigenvalue weighted by atomic mass is 79.9.